The molecule has 11 heteroatoms. The average molecular weight is 475 g/mol. The van der Waals surface area contributed by atoms with Gasteiger partial charge in [0.2, 0.25) is 5.82 Å². The summed E-state index contributed by atoms with van der Waals surface area (Å²) in [5, 5.41) is 3.39. The summed E-state index contributed by atoms with van der Waals surface area (Å²) in [6.45, 7) is 6.76. The van der Waals surface area contributed by atoms with Gasteiger partial charge in [0.05, 0.1) is 17.6 Å². The summed E-state index contributed by atoms with van der Waals surface area (Å²) < 4.78 is 47.8. The Labute approximate surface area is 194 Å². The molecule has 0 aliphatic carbocycles. The highest BCUT2D eigenvalue weighted by atomic mass is 19.4. The van der Waals surface area contributed by atoms with E-state index in [0.29, 0.717) is 30.8 Å². The summed E-state index contributed by atoms with van der Waals surface area (Å²) in [6.07, 6.45) is -0.155. The lowest BCUT2D eigenvalue weighted by Gasteiger charge is -2.24. The lowest BCUT2D eigenvalue weighted by Crippen LogP contribution is -2.35. The molecule has 2 aromatic heterocycles. The van der Waals surface area contributed by atoms with Gasteiger partial charge in [-0.2, -0.15) is 18.2 Å². The molecule has 0 radical (unpaired) electrons. The molecule has 0 bridgehead atoms. The maximum absolute atomic E-state index is 12.7. The highest BCUT2D eigenvalue weighted by Crippen LogP contribution is 2.30. The second-order valence-electron chi connectivity index (χ2n) is 9.18. The van der Waals surface area contributed by atoms with Crippen LogP contribution in [0.5, 0.6) is 0 Å². The van der Waals surface area contributed by atoms with Gasteiger partial charge in [-0.1, -0.05) is 29.4 Å². The van der Waals surface area contributed by atoms with Crippen LogP contribution in [0.25, 0.3) is 22.6 Å². The number of ether oxygens (including phenoxy) is 1. The van der Waals surface area contributed by atoms with Crippen molar-refractivity contribution >= 4 is 6.09 Å². The molecule has 0 saturated carbocycles. The number of hydrogen-bond donors (Lipinski definition) is 0. The third-order valence-corrected chi connectivity index (χ3v) is 5.23. The van der Waals surface area contributed by atoms with E-state index in [2.05, 4.69) is 24.6 Å². The van der Waals surface area contributed by atoms with Gasteiger partial charge in [0.15, 0.2) is 0 Å². The molecule has 3 heterocycles. The molecule has 1 aromatic carbocycles. The first-order chi connectivity index (χ1) is 16.0. The van der Waals surface area contributed by atoms with E-state index >= 15 is 0 Å². The van der Waals surface area contributed by atoms with Crippen molar-refractivity contribution in [2.75, 3.05) is 13.1 Å². The van der Waals surface area contributed by atoms with Crippen LogP contribution >= 0.6 is 0 Å². The largest absolute Gasteiger partial charge is 0.471 e. The molecule has 1 atom stereocenters. The summed E-state index contributed by atoms with van der Waals surface area (Å²) >= 11 is 0. The third kappa shape index (κ3) is 5.70. The maximum atomic E-state index is 12.7. The summed E-state index contributed by atoms with van der Waals surface area (Å²) in [4.78, 5) is 26.4. The Morgan fingerprint density at radius 2 is 1.82 bits per heavy atom. The molecule has 4 rings (SSSR count). The van der Waals surface area contributed by atoms with Crippen molar-refractivity contribution in [1.29, 1.82) is 0 Å². The fourth-order valence-corrected chi connectivity index (χ4v) is 3.68. The SMILES string of the molecule is CC(C)(C)OC(=O)N1CCC(Cc2cncc(-c3ccc(-c4noc(C(F)(F)F)n4)cc3)n2)C1. The van der Waals surface area contributed by atoms with Gasteiger partial charge in [-0.05, 0) is 39.5 Å². The first kappa shape index (κ1) is 23.7. The van der Waals surface area contributed by atoms with Crippen molar-refractivity contribution in [3.8, 4) is 22.6 Å². The Balaban J connectivity index is 1.41. The van der Waals surface area contributed by atoms with Gasteiger partial charge < -0.3 is 14.2 Å². The van der Waals surface area contributed by atoms with Crippen LogP contribution in [-0.2, 0) is 17.3 Å². The predicted octanol–water partition coefficient (Wildman–Crippen LogP) is 5.01. The monoisotopic (exact) mass is 475 g/mol. The quantitative estimate of drug-likeness (QED) is 0.523. The Bertz CT molecular complexity index is 1160. The van der Waals surface area contributed by atoms with Crippen LogP contribution in [-0.4, -0.2) is 49.8 Å². The molecule has 1 amide bonds. The van der Waals surface area contributed by atoms with Crippen molar-refractivity contribution in [2.45, 2.75) is 45.4 Å². The number of carbonyl (C=O) groups is 1. The predicted molar refractivity (Wildman–Crippen MR) is 115 cm³/mol. The van der Waals surface area contributed by atoms with Crippen LogP contribution < -0.4 is 0 Å². The first-order valence-corrected chi connectivity index (χ1v) is 10.8. The van der Waals surface area contributed by atoms with Crippen LogP contribution in [0.3, 0.4) is 0 Å². The highest BCUT2D eigenvalue weighted by molar-refractivity contribution is 5.68. The smallest absolute Gasteiger partial charge is 0.444 e. The van der Waals surface area contributed by atoms with E-state index in [-0.39, 0.29) is 17.8 Å². The molecule has 0 N–H and O–H groups in total. The molecule has 1 aliphatic heterocycles. The van der Waals surface area contributed by atoms with E-state index in [1.807, 2.05) is 20.8 Å². The molecule has 1 saturated heterocycles. The van der Waals surface area contributed by atoms with Gasteiger partial charge in [-0.15, -0.1) is 0 Å². The van der Waals surface area contributed by atoms with Gasteiger partial charge >= 0.3 is 18.2 Å². The summed E-state index contributed by atoms with van der Waals surface area (Å²) in [5.74, 6) is -1.28. The number of nitrogens with zero attached hydrogens (tertiary/aromatic N) is 5. The van der Waals surface area contributed by atoms with Crippen LogP contribution in [0, 0.1) is 5.92 Å². The van der Waals surface area contributed by atoms with E-state index in [0.717, 1.165) is 17.7 Å². The van der Waals surface area contributed by atoms with Gasteiger partial charge in [0.25, 0.3) is 0 Å². The molecule has 3 aromatic rings. The van der Waals surface area contributed by atoms with Crippen molar-refractivity contribution in [1.82, 2.24) is 25.0 Å². The zero-order chi connectivity index (χ0) is 24.5. The number of rotatable bonds is 4. The normalized spacial score (nSPS) is 16.6. The average Bonchev–Trinajstić information content (AvgIpc) is 3.43. The number of aromatic nitrogens is 4. The minimum absolute atomic E-state index is 0.144. The van der Waals surface area contributed by atoms with Gasteiger partial charge in [-0.25, -0.2) is 9.78 Å². The van der Waals surface area contributed by atoms with Crippen molar-refractivity contribution in [2.24, 2.45) is 5.92 Å². The number of hydrogen-bond acceptors (Lipinski definition) is 7. The van der Waals surface area contributed by atoms with Crippen LogP contribution in [0.4, 0.5) is 18.0 Å². The third-order valence-electron chi connectivity index (χ3n) is 5.23. The van der Waals surface area contributed by atoms with Crippen molar-refractivity contribution in [3.63, 3.8) is 0 Å². The molecule has 8 nitrogen and oxygen atoms in total. The zero-order valence-corrected chi connectivity index (χ0v) is 19.0. The van der Waals surface area contributed by atoms with Crippen LogP contribution in [0.15, 0.2) is 41.2 Å². The van der Waals surface area contributed by atoms with Crippen LogP contribution in [0.2, 0.25) is 0 Å². The second kappa shape index (κ2) is 9.03. The Morgan fingerprint density at radius 3 is 2.47 bits per heavy atom. The van der Waals surface area contributed by atoms with Crippen molar-refractivity contribution < 1.29 is 27.2 Å². The number of carbonyl (C=O) groups excluding carboxylic acids is 1. The highest BCUT2D eigenvalue weighted by Gasteiger charge is 2.38. The Kier molecular flexibility index (Phi) is 6.28. The maximum Gasteiger partial charge on any atom is 0.471 e. The van der Waals surface area contributed by atoms with E-state index in [1.165, 1.54) is 0 Å². The molecular weight excluding hydrogens is 451 g/mol. The molecular formula is C23H24F3N5O3. The first-order valence-electron chi connectivity index (χ1n) is 10.8. The molecule has 1 fully saturated rings. The summed E-state index contributed by atoms with van der Waals surface area (Å²) in [7, 11) is 0. The van der Waals surface area contributed by atoms with Gasteiger partial charge in [0, 0.05) is 30.4 Å². The number of likely N-dealkylation sites (tertiary alicyclic amines) is 1. The number of alkyl halides is 3. The van der Waals surface area contributed by atoms with E-state index in [4.69, 9.17) is 4.74 Å². The van der Waals surface area contributed by atoms with Crippen molar-refractivity contribution in [3.05, 3.63) is 48.2 Å². The minimum atomic E-state index is -4.69. The number of benzene rings is 1. The standard InChI is InChI=1S/C23H24F3N5O3/c1-22(2,3)33-21(32)31-9-8-14(13-31)10-17-11-27-12-18(28-17)15-4-6-16(7-5-15)19-29-20(34-30-19)23(24,25)26/h4-7,11-12,14H,8-10,13H2,1-3H3. The topological polar surface area (TPSA) is 94.2 Å². The summed E-state index contributed by atoms with van der Waals surface area (Å²) in [5.41, 5.74) is 2.04. The molecule has 1 unspecified atom stereocenters. The zero-order valence-electron chi connectivity index (χ0n) is 19.0. The summed E-state index contributed by atoms with van der Waals surface area (Å²) in [6, 6.07) is 6.63. The number of halogens is 3. The van der Waals surface area contributed by atoms with Gasteiger partial charge in [-0.3, -0.25) is 4.98 Å². The van der Waals surface area contributed by atoms with Crippen LogP contribution in [0.1, 0.15) is 38.8 Å². The van der Waals surface area contributed by atoms with E-state index in [9.17, 15) is 18.0 Å². The number of amides is 1. The second-order valence-corrected chi connectivity index (χ2v) is 9.18. The Morgan fingerprint density at radius 1 is 1.12 bits per heavy atom. The molecule has 180 valence electrons. The fourth-order valence-electron chi connectivity index (χ4n) is 3.68. The molecule has 1 aliphatic rings. The lowest BCUT2D eigenvalue weighted by atomic mass is 10.0. The van der Waals surface area contributed by atoms with E-state index < -0.39 is 17.7 Å². The van der Waals surface area contributed by atoms with E-state index in [1.54, 1.807) is 41.6 Å². The molecule has 0 spiro atoms. The molecule has 34 heavy (non-hydrogen) atoms. The van der Waals surface area contributed by atoms with Gasteiger partial charge in [0.1, 0.15) is 5.60 Å². The Hall–Kier alpha value is -3.50. The lowest BCUT2D eigenvalue weighted by molar-refractivity contribution is -0.159. The fraction of sp³-hybridized carbons (Fsp3) is 0.435. The minimum Gasteiger partial charge on any atom is -0.444 e.